The zero-order chi connectivity index (χ0) is 22.2. The molecule has 2 heterocycles. The van der Waals surface area contributed by atoms with E-state index in [4.69, 9.17) is 0 Å². The van der Waals surface area contributed by atoms with E-state index in [1.54, 1.807) is 4.90 Å². The predicted octanol–water partition coefficient (Wildman–Crippen LogP) is 2.44. The van der Waals surface area contributed by atoms with Gasteiger partial charge in [-0.25, -0.2) is 4.79 Å². The quantitative estimate of drug-likeness (QED) is 0.725. The minimum Gasteiger partial charge on any atom is -0.338 e. The van der Waals surface area contributed by atoms with Crippen LogP contribution in [0, 0.1) is 19.8 Å². The molecule has 0 aromatic heterocycles. The molecule has 1 aromatic rings. The molecule has 1 aliphatic carbocycles. The number of piperidine rings is 1. The number of urea groups is 1. The summed E-state index contributed by atoms with van der Waals surface area (Å²) < 4.78 is 0. The Morgan fingerprint density at radius 2 is 1.71 bits per heavy atom. The smallest absolute Gasteiger partial charge is 0.338 e. The third-order valence-electron chi connectivity index (χ3n) is 6.64. The maximum absolute atomic E-state index is 13.0. The van der Waals surface area contributed by atoms with Crippen LogP contribution < -0.4 is 10.7 Å². The van der Waals surface area contributed by atoms with Crippen molar-refractivity contribution in [1.82, 2.24) is 20.7 Å². The molecular formula is C23H30N4O4. The largest absolute Gasteiger partial charge is 0.344 e. The fourth-order valence-corrected chi connectivity index (χ4v) is 5.07. The third kappa shape index (κ3) is 4.16. The first-order valence-corrected chi connectivity index (χ1v) is 11.1. The topological polar surface area (TPSA) is 98.8 Å². The van der Waals surface area contributed by atoms with E-state index >= 15 is 0 Å². The number of nitrogens with one attached hydrogen (secondary N) is 2. The van der Waals surface area contributed by atoms with Crippen LogP contribution in [0.3, 0.4) is 0 Å². The van der Waals surface area contributed by atoms with Crippen molar-refractivity contribution in [2.24, 2.45) is 5.92 Å². The van der Waals surface area contributed by atoms with Gasteiger partial charge < -0.3 is 10.2 Å². The fourth-order valence-electron chi connectivity index (χ4n) is 5.07. The second-order valence-corrected chi connectivity index (χ2v) is 9.16. The van der Waals surface area contributed by atoms with Crippen LogP contribution in [0.4, 0.5) is 4.79 Å². The molecule has 8 heteroatoms. The van der Waals surface area contributed by atoms with E-state index in [1.807, 2.05) is 32.0 Å². The summed E-state index contributed by atoms with van der Waals surface area (Å²) in [7, 11) is 0. The Kier molecular flexibility index (Phi) is 5.73. The van der Waals surface area contributed by atoms with E-state index in [0.29, 0.717) is 37.8 Å². The molecule has 0 radical (unpaired) electrons. The van der Waals surface area contributed by atoms with Gasteiger partial charge in [0.05, 0.1) is 5.92 Å². The highest BCUT2D eigenvalue weighted by Gasteiger charge is 2.52. The summed E-state index contributed by atoms with van der Waals surface area (Å²) in [5.74, 6) is -1.33. The summed E-state index contributed by atoms with van der Waals surface area (Å²) >= 11 is 0. The van der Waals surface area contributed by atoms with Gasteiger partial charge in [-0.2, -0.15) is 5.01 Å². The monoisotopic (exact) mass is 426 g/mol. The summed E-state index contributed by atoms with van der Waals surface area (Å²) in [4.78, 5) is 52.9. The third-order valence-corrected chi connectivity index (χ3v) is 6.64. The van der Waals surface area contributed by atoms with Crippen LogP contribution in [-0.2, 0) is 9.59 Å². The maximum Gasteiger partial charge on any atom is 0.344 e. The van der Waals surface area contributed by atoms with Crippen LogP contribution in [0.1, 0.15) is 66.4 Å². The number of nitrogens with zero attached hydrogens (tertiary/aromatic N) is 2. The van der Waals surface area contributed by atoms with Gasteiger partial charge in [-0.15, -0.1) is 0 Å². The van der Waals surface area contributed by atoms with E-state index in [2.05, 4.69) is 10.7 Å². The molecule has 5 amide bonds. The lowest BCUT2D eigenvalue weighted by molar-refractivity contribution is -0.141. The molecular weight excluding hydrogens is 396 g/mol. The highest BCUT2D eigenvalue weighted by Crippen LogP contribution is 2.33. The zero-order valence-corrected chi connectivity index (χ0v) is 18.2. The zero-order valence-electron chi connectivity index (χ0n) is 18.2. The normalized spacial score (nSPS) is 23.1. The summed E-state index contributed by atoms with van der Waals surface area (Å²) in [6.07, 6.45) is 5.31. The summed E-state index contributed by atoms with van der Waals surface area (Å²) in [5.41, 5.74) is 4.31. The van der Waals surface area contributed by atoms with Crippen LogP contribution in [0.15, 0.2) is 18.2 Å². The first-order valence-electron chi connectivity index (χ1n) is 11.1. The fraction of sp³-hybridized carbons (Fsp3) is 0.565. The Morgan fingerprint density at radius 3 is 2.39 bits per heavy atom. The Bertz CT molecular complexity index is 902. The molecule has 1 saturated carbocycles. The minimum atomic E-state index is -0.875. The summed E-state index contributed by atoms with van der Waals surface area (Å²) in [6.45, 7) is 4.76. The van der Waals surface area contributed by atoms with E-state index in [1.165, 1.54) is 0 Å². The molecule has 1 spiro atoms. The van der Waals surface area contributed by atoms with Crippen molar-refractivity contribution in [3.63, 3.8) is 0 Å². The lowest BCUT2D eigenvalue weighted by atomic mass is 9.82. The second-order valence-electron chi connectivity index (χ2n) is 9.16. The molecule has 4 rings (SSSR count). The highest BCUT2D eigenvalue weighted by molar-refractivity contribution is 6.08. The molecule has 1 atom stereocenters. The van der Waals surface area contributed by atoms with Crippen LogP contribution in [-0.4, -0.2) is 52.3 Å². The molecule has 8 nitrogen and oxygen atoms in total. The summed E-state index contributed by atoms with van der Waals surface area (Å²) in [5, 5.41) is 3.64. The van der Waals surface area contributed by atoms with Gasteiger partial charge in [0.1, 0.15) is 5.54 Å². The highest BCUT2D eigenvalue weighted by atomic mass is 16.2. The number of carbonyl (C=O) groups excluding carboxylic acids is 4. The van der Waals surface area contributed by atoms with E-state index in [0.717, 1.165) is 35.4 Å². The van der Waals surface area contributed by atoms with E-state index in [9.17, 15) is 19.2 Å². The van der Waals surface area contributed by atoms with Gasteiger partial charge >= 0.3 is 6.03 Å². The standard InChI is InChI=1S/C23H30N4O4/c1-15-11-16(2)13-18(12-15)20(29)26-10-6-7-17(14-26)19(28)25-27-21(30)23(24-22(27)31)8-4-3-5-9-23/h11-13,17H,3-10,14H2,1-2H3,(H,24,31)(H,25,28)/t17-/m0/s1. The first kappa shape index (κ1) is 21.3. The molecule has 2 saturated heterocycles. The van der Waals surface area contributed by atoms with Crippen molar-refractivity contribution in [1.29, 1.82) is 0 Å². The van der Waals surface area contributed by atoms with Crippen molar-refractivity contribution >= 4 is 23.8 Å². The van der Waals surface area contributed by atoms with Crippen molar-refractivity contribution in [2.45, 2.75) is 64.3 Å². The van der Waals surface area contributed by atoms with Crippen molar-refractivity contribution in [3.05, 3.63) is 34.9 Å². The molecule has 2 N–H and O–H groups in total. The Balaban J connectivity index is 1.41. The first-order chi connectivity index (χ1) is 14.8. The number of hydrazine groups is 1. The van der Waals surface area contributed by atoms with E-state index < -0.39 is 23.4 Å². The Morgan fingerprint density at radius 1 is 1.03 bits per heavy atom. The molecule has 166 valence electrons. The van der Waals surface area contributed by atoms with Crippen molar-refractivity contribution in [2.75, 3.05) is 13.1 Å². The molecule has 1 aromatic carbocycles. The van der Waals surface area contributed by atoms with Crippen molar-refractivity contribution < 1.29 is 19.2 Å². The number of aryl methyl sites for hydroxylation is 2. The number of rotatable bonds is 3. The minimum absolute atomic E-state index is 0.0968. The predicted molar refractivity (Wildman–Crippen MR) is 114 cm³/mol. The van der Waals surface area contributed by atoms with Gasteiger partial charge in [-0.05, 0) is 51.7 Å². The molecule has 0 bridgehead atoms. The Hall–Kier alpha value is -2.90. The van der Waals surface area contributed by atoms with Gasteiger partial charge in [-0.1, -0.05) is 36.5 Å². The van der Waals surface area contributed by atoms with Gasteiger partial charge in [0, 0.05) is 18.7 Å². The maximum atomic E-state index is 13.0. The molecule has 3 aliphatic rings. The SMILES string of the molecule is Cc1cc(C)cc(C(=O)N2CCC[C@H](C(=O)NN3C(=O)NC4(CCCCC4)C3=O)C2)c1. The number of carbonyl (C=O) groups is 4. The van der Waals surface area contributed by atoms with Crippen LogP contribution in [0.25, 0.3) is 0 Å². The number of hydrogen-bond donors (Lipinski definition) is 2. The number of amides is 5. The average Bonchev–Trinajstić information content (AvgIpc) is 2.97. The molecule has 2 aliphatic heterocycles. The molecule has 31 heavy (non-hydrogen) atoms. The van der Waals surface area contributed by atoms with Gasteiger partial charge in [0.15, 0.2) is 0 Å². The number of likely N-dealkylation sites (tertiary alicyclic amines) is 1. The van der Waals surface area contributed by atoms with Gasteiger partial charge in [0.25, 0.3) is 11.8 Å². The number of hydrogen-bond acceptors (Lipinski definition) is 4. The number of benzene rings is 1. The lowest BCUT2D eigenvalue weighted by Gasteiger charge is -2.33. The van der Waals surface area contributed by atoms with Crippen molar-refractivity contribution in [3.8, 4) is 0 Å². The second kappa shape index (κ2) is 8.32. The van der Waals surface area contributed by atoms with Gasteiger partial charge in [-0.3, -0.25) is 19.8 Å². The van der Waals surface area contributed by atoms with Crippen LogP contribution in [0.5, 0.6) is 0 Å². The molecule has 3 fully saturated rings. The van der Waals surface area contributed by atoms with Crippen LogP contribution >= 0.6 is 0 Å². The number of imide groups is 1. The molecule has 0 unspecified atom stereocenters. The average molecular weight is 427 g/mol. The Labute approximate surface area is 182 Å². The van der Waals surface area contributed by atoms with E-state index in [-0.39, 0.29) is 18.4 Å². The van der Waals surface area contributed by atoms with Gasteiger partial charge in [0.2, 0.25) is 5.91 Å². The summed E-state index contributed by atoms with van der Waals surface area (Å²) in [6, 6.07) is 5.16. The lowest BCUT2D eigenvalue weighted by Crippen LogP contribution is -2.53. The van der Waals surface area contributed by atoms with Crippen LogP contribution in [0.2, 0.25) is 0 Å².